The molecule has 156 valence electrons. The third kappa shape index (κ3) is 3.82. The molecule has 4 rings (SSSR count). The molecule has 0 spiro atoms. The summed E-state index contributed by atoms with van der Waals surface area (Å²) in [7, 11) is 0. The van der Waals surface area contributed by atoms with Crippen LogP contribution in [0.15, 0.2) is 12.3 Å². The molecule has 4 heterocycles. The third-order valence-corrected chi connectivity index (χ3v) is 5.52. The van der Waals surface area contributed by atoms with E-state index in [1.165, 1.54) is 0 Å². The highest BCUT2D eigenvalue weighted by Crippen LogP contribution is 2.23. The second kappa shape index (κ2) is 7.68. The number of aryl methyl sites for hydroxylation is 1. The summed E-state index contributed by atoms with van der Waals surface area (Å²) in [6.45, 7) is 7.16. The van der Waals surface area contributed by atoms with Crippen LogP contribution in [0.2, 0.25) is 0 Å². The molecular weight excluding hydrogens is 376 g/mol. The fourth-order valence-electron chi connectivity index (χ4n) is 4.12. The van der Waals surface area contributed by atoms with E-state index in [0.717, 1.165) is 5.69 Å². The molecule has 2 amide bonds. The molecule has 0 saturated carbocycles. The van der Waals surface area contributed by atoms with Crippen molar-refractivity contribution < 1.29 is 19.4 Å². The number of ether oxygens (including phenoxy) is 1. The van der Waals surface area contributed by atoms with Crippen LogP contribution < -0.4 is 0 Å². The molecule has 10 nitrogen and oxygen atoms in total. The fourth-order valence-corrected chi connectivity index (χ4v) is 4.12. The highest BCUT2D eigenvalue weighted by Gasteiger charge is 2.40. The minimum Gasteiger partial charge on any atom is -0.392 e. The lowest BCUT2D eigenvalue weighted by Crippen LogP contribution is -2.56. The molecular formula is C19H26N6O4. The van der Waals surface area contributed by atoms with Gasteiger partial charge in [-0.25, -0.2) is 4.98 Å². The number of morpholine rings is 1. The summed E-state index contributed by atoms with van der Waals surface area (Å²) in [5, 5.41) is 18.4. The predicted molar refractivity (Wildman–Crippen MR) is 102 cm³/mol. The zero-order valence-electron chi connectivity index (χ0n) is 16.9. The average Bonchev–Trinajstić information content (AvgIpc) is 3.09. The lowest BCUT2D eigenvalue weighted by molar-refractivity contribution is -0.153. The van der Waals surface area contributed by atoms with Gasteiger partial charge in [-0.3, -0.25) is 14.0 Å². The van der Waals surface area contributed by atoms with Crippen molar-refractivity contribution in [1.82, 2.24) is 29.4 Å². The SMILES string of the molecule is Cc1ccn2c(C(=O)N3CC[C@@H](O)[C@@H](C(=O)N4C[C@@H](C)O[C@@H](C)C4)C3)nnc2n1. The Morgan fingerprint density at radius 2 is 1.86 bits per heavy atom. The van der Waals surface area contributed by atoms with Gasteiger partial charge in [-0.05, 0) is 33.3 Å². The number of nitrogens with zero attached hydrogens (tertiary/aromatic N) is 6. The van der Waals surface area contributed by atoms with Gasteiger partial charge in [-0.1, -0.05) is 0 Å². The number of carbonyl (C=O) groups is 2. The standard InChI is InChI=1S/C19H26N6O4/c1-11-4-7-25-16(21-22-19(25)20-11)18(28)23-6-5-15(26)14(10-23)17(27)24-8-12(2)29-13(3)9-24/h4,7,12-15,26H,5-6,8-10H2,1-3H3/t12-,13+,14-,15+/m0/s1. The van der Waals surface area contributed by atoms with Gasteiger partial charge in [0.05, 0.1) is 24.2 Å². The van der Waals surface area contributed by atoms with E-state index in [0.29, 0.717) is 31.8 Å². The number of fused-ring (bicyclic) bond motifs is 1. The van der Waals surface area contributed by atoms with Crippen LogP contribution in [0.4, 0.5) is 0 Å². The molecule has 2 aliphatic rings. The Morgan fingerprint density at radius 1 is 1.14 bits per heavy atom. The van der Waals surface area contributed by atoms with Gasteiger partial charge < -0.3 is 19.6 Å². The van der Waals surface area contributed by atoms with E-state index < -0.39 is 12.0 Å². The number of aromatic nitrogens is 4. The number of aliphatic hydroxyl groups is 1. The molecule has 0 bridgehead atoms. The number of rotatable bonds is 2. The van der Waals surface area contributed by atoms with Gasteiger partial charge in [-0.15, -0.1) is 10.2 Å². The van der Waals surface area contributed by atoms with Crippen LogP contribution in [-0.2, 0) is 9.53 Å². The molecule has 1 N–H and O–H groups in total. The minimum atomic E-state index is -0.778. The van der Waals surface area contributed by atoms with Gasteiger partial charge in [0, 0.05) is 38.1 Å². The summed E-state index contributed by atoms with van der Waals surface area (Å²) >= 11 is 0. The molecule has 2 aromatic heterocycles. The first kappa shape index (κ1) is 19.7. The summed E-state index contributed by atoms with van der Waals surface area (Å²) in [5.41, 5.74) is 0.782. The lowest BCUT2D eigenvalue weighted by atomic mass is 9.92. The third-order valence-electron chi connectivity index (χ3n) is 5.52. The van der Waals surface area contributed by atoms with E-state index in [2.05, 4.69) is 15.2 Å². The van der Waals surface area contributed by atoms with Crippen molar-refractivity contribution in [2.75, 3.05) is 26.2 Å². The number of carbonyl (C=O) groups excluding carboxylic acids is 2. The van der Waals surface area contributed by atoms with Crippen LogP contribution in [0.1, 0.15) is 36.6 Å². The van der Waals surface area contributed by atoms with Gasteiger partial charge in [0.1, 0.15) is 0 Å². The number of piperidine rings is 1. The first-order chi connectivity index (χ1) is 13.8. The minimum absolute atomic E-state index is 0.0560. The van der Waals surface area contributed by atoms with Crippen LogP contribution in [0, 0.1) is 12.8 Å². The largest absolute Gasteiger partial charge is 0.392 e. The number of aliphatic hydroxyl groups excluding tert-OH is 1. The summed E-state index contributed by atoms with van der Waals surface area (Å²) < 4.78 is 7.24. The Morgan fingerprint density at radius 3 is 2.59 bits per heavy atom. The molecule has 0 unspecified atom stereocenters. The number of hydrogen-bond acceptors (Lipinski definition) is 7. The molecule has 2 aromatic rings. The van der Waals surface area contributed by atoms with Crippen molar-refractivity contribution in [3.05, 3.63) is 23.8 Å². The van der Waals surface area contributed by atoms with E-state index in [4.69, 9.17) is 4.74 Å². The van der Waals surface area contributed by atoms with Gasteiger partial charge >= 0.3 is 0 Å². The van der Waals surface area contributed by atoms with Gasteiger partial charge in [0.15, 0.2) is 0 Å². The fraction of sp³-hybridized carbons (Fsp3) is 0.632. The monoisotopic (exact) mass is 402 g/mol. The van der Waals surface area contributed by atoms with Gasteiger partial charge in [-0.2, -0.15) is 0 Å². The highest BCUT2D eigenvalue weighted by atomic mass is 16.5. The zero-order chi connectivity index (χ0) is 20.7. The van der Waals surface area contributed by atoms with E-state index in [1.807, 2.05) is 20.8 Å². The maximum Gasteiger partial charge on any atom is 0.292 e. The quantitative estimate of drug-likeness (QED) is 0.746. The smallest absolute Gasteiger partial charge is 0.292 e. The second-order valence-corrected chi connectivity index (χ2v) is 7.98. The van der Waals surface area contributed by atoms with E-state index in [-0.39, 0.29) is 36.4 Å². The zero-order valence-corrected chi connectivity index (χ0v) is 16.9. The van der Waals surface area contributed by atoms with Crippen molar-refractivity contribution in [2.24, 2.45) is 5.92 Å². The summed E-state index contributed by atoms with van der Waals surface area (Å²) in [6, 6.07) is 1.78. The van der Waals surface area contributed by atoms with Crippen LogP contribution >= 0.6 is 0 Å². The first-order valence-electron chi connectivity index (χ1n) is 9.93. The van der Waals surface area contributed by atoms with Crippen molar-refractivity contribution in [2.45, 2.75) is 45.5 Å². The molecule has 4 atom stereocenters. The molecule has 2 aliphatic heterocycles. The van der Waals surface area contributed by atoms with Crippen molar-refractivity contribution in [3.8, 4) is 0 Å². The van der Waals surface area contributed by atoms with Crippen molar-refractivity contribution in [1.29, 1.82) is 0 Å². The molecule has 10 heteroatoms. The topological polar surface area (TPSA) is 113 Å². The van der Waals surface area contributed by atoms with E-state index in [9.17, 15) is 14.7 Å². The molecule has 0 aliphatic carbocycles. The Kier molecular flexibility index (Phi) is 5.22. The maximum absolute atomic E-state index is 13.1. The molecule has 2 fully saturated rings. The van der Waals surface area contributed by atoms with E-state index >= 15 is 0 Å². The highest BCUT2D eigenvalue weighted by molar-refractivity contribution is 5.92. The predicted octanol–water partition coefficient (Wildman–Crippen LogP) is -0.108. The molecule has 0 aromatic carbocycles. The molecule has 0 radical (unpaired) electrons. The van der Waals surface area contributed by atoms with Crippen LogP contribution in [0.3, 0.4) is 0 Å². The van der Waals surface area contributed by atoms with Gasteiger partial charge in [0.2, 0.25) is 11.7 Å². The number of hydrogen-bond donors (Lipinski definition) is 1. The van der Waals surface area contributed by atoms with E-state index in [1.54, 1.807) is 26.5 Å². The Labute approximate surface area is 168 Å². The maximum atomic E-state index is 13.1. The van der Waals surface area contributed by atoms with Crippen LogP contribution in [-0.4, -0.2) is 90.8 Å². The molecule has 29 heavy (non-hydrogen) atoms. The number of amides is 2. The second-order valence-electron chi connectivity index (χ2n) is 7.98. The Balaban J connectivity index is 1.52. The average molecular weight is 402 g/mol. The first-order valence-corrected chi connectivity index (χ1v) is 9.93. The normalized spacial score (nSPS) is 28.0. The summed E-state index contributed by atoms with van der Waals surface area (Å²) in [4.78, 5) is 33.7. The Bertz CT molecular complexity index is 921. The summed E-state index contributed by atoms with van der Waals surface area (Å²) in [6.07, 6.45) is 1.16. The summed E-state index contributed by atoms with van der Waals surface area (Å²) in [5.74, 6) is -0.611. The van der Waals surface area contributed by atoms with Crippen LogP contribution in [0.25, 0.3) is 5.78 Å². The Hall–Kier alpha value is -2.59. The number of likely N-dealkylation sites (tertiary alicyclic amines) is 1. The van der Waals surface area contributed by atoms with Gasteiger partial charge in [0.25, 0.3) is 11.7 Å². The van der Waals surface area contributed by atoms with Crippen molar-refractivity contribution in [3.63, 3.8) is 0 Å². The van der Waals surface area contributed by atoms with Crippen LogP contribution in [0.5, 0.6) is 0 Å². The van der Waals surface area contributed by atoms with Crippen molar-refractivity contribution >= 4 is 17.6 Å². The lowest BCUT2D eigenvalue weighted by Gasteiger charge is -2.41. The molecule has 2 saturated heterocycles.